The minimum Gasteiger partial charge on any atom is -0.368 e. The highest BCUT2D eigenvalue weighted by molar-refractivity contribution is 7.10. The molecule has 3 aromatic rings. The molecule has 0 aliphatic carbocycles. The number of halogens is 1. The van der Waals surface area contributed by atoms with Gasteiger partial charge in [-0.1, -0.05) is 28.2 Å². The lowest BCUT2D eigenvalue weighted by Crippen LogP contribution is -2.50. The molecule has 2 aliphatic rings. The molecule has 0 radical (unpaired) electrons. The van der Waals surface area contributed by atoms with Gasteiger partial charge >= 0.3 is 6.03 Å². The van der Waals surface area contributed by atoms with Crippen LogP contribution in [0.15, 0.2) is 48.7 Å². The molecule has 1 N–H and O–H groups in total. The third kappa shape index (κ3) is 5.30. The molecule has 0 atom stereocenters. The average molecular weight is 513 g/mol. The van der Waals surface area contributed by atoms with Gasteiger partial charge in [0.05, 0.1) is 0 Å². The molecule has 2 fully saturated rings. The Morgan fingerprint density at radius 2 is 1.63 bits per heavy atom. The first-order chi connectivity index (χ1) is 17.1. The molecule has 2 aliphatic heterocycles. The van der Waals surface area contributed by atoms with Crippen LogP contribution in [0.4, 0.5) is 21.3 Å². The van der Waals surface area contributed by atoms with Gasteiger partial charge in [0.25, 0.3) is 5.91 Å². The van der Waals surface area contributed by atoms with E-state index in [4.69, 9.17) is 11.6 Å². The fourth-order valence-electron chi connectivity index (χ4n) is 4.26. The Labute approximate surface area is 212 Å². The van der Waals surface area contributed by atoms with E-state index >= 15 is 0 Å². The molecule has 3 amide bonds. The number of hydrogen-bond acceptors (Lipinski definition) is 8. The van der Waals surface area contributed by atoms with Crippen molar-refractivity contribution in [1.29, 1.82) is 0 Å². The minimum absolute atomic E-state index is 0.187. The summed E-state index contributed by atoms with van der Waals surface area (Å²) in [4.78, 5) is 38.2. The van der Waals surface area contributed by atoms with Crippen LogP contribution in [0.2, 0.25) is 5.02 Å². The van der Waals surface area contributed by atoms with E-state index in [9.17, 15) is 9.59 Å². The van der Waals surface area contributed by atoms with Crippen LogP contribution in [0.1, 0.15) is 10.5 Å². The Morgan fingerprint density at radius 1 is 0.886 bits per heavy atom. The lowest BCUT2D eigenvalue weighted by Gasteiger charge is -2.36. The van der Waals surface area contributed by atoms with Crippen molar-refractivity contribution in [2.45, 2.75) is 0 Å². The monoisotopic (exact) mass is 512 g/mol. The number of urea groups is 1. The summed E-state index contributed by atoms with van der Waals surface area (Å²) in [5, 5.41) is 7.95. The molecule has 182 valence electrons. The van der Waals surface area contributed by atoms with Crippen molar-refractivity contribution in [3.63, 3.8) is 0 Å². The lowest BCUT2D eigenvalue weighted by molar-refractivity contribution is 0.0741. The molecule has 35 heavy (non-hydrogen) atoms. The number of piperazine rings is 2. The first-order valence-corrected chi connectivity index (χ1v) is 12.6. The van der Waals surface area contributed by atoms with E-state index in [0.29, 0.717) is 62.4 Å². The topological polar surface area (TPSA) is 97.8 Å². The zero-order chi connectivity index (χ0) is 24.2. The summed E-state index contributed by atoms with van der Waals surface area (Å²) in [5.41, 5.74) is 1.23. The van der Waals surface area contributed by atoms with Crippen molar-refractivity contribution in [2.75, 3.05) is 67.5 Å². The maximum atomic E-state index is 13.1. The molecule has 0 spiro atoms. The van der Waals surface area contributed by atoms with Crippen molar-refractivity contribution in [1.82, 2.24) is 24.4 Å². The summed E-state index contributed by atoms with van der Waals surface area (Å²) in [7, 11) is 0. The van der Waals surface area contributed by atoms with E-state index < -0.39 is 0 Å². The number of anilines is 3. The number of hydrogen-bond donors (Lipinski definition) is 1. The van der Waals surface area contributed by atoms with Crippen molar-refractivity contribution in [3.8, 4) is 0 Å². The van der Waals surface area contributed by atoms with E-state index in [-0.39, 0.29) is 17.6 Å². The second kappa shape index (κ2) is 10.4. The maximum absolute atomic E-state index is 13.1. The zero-order valence-electron chi connectivity index (χ0n) is 19.0. The van der Waals surface area contributed by atoms with Crippen LogP contribution in [-0.4, -0.2) is 88.7 Å². The highest BCUT2D eigenvalue weighted by Crippen LogP contribution is 2.23. The molecule has 1 aromatic carbocycles. The Bertz CT molecular complexity index is 1180. The first kappa shape index (κ1) is 23.3. The zero-order valence-corrected chi connectivity index (χ0v) is 20.6. The van der Waals surface area contributed by atoms with Crippen molar-refractivity contribution in [2.24, 2.45) is 0 Å². The molecule has 0 bridgehead atoms. The third-order valence-electron chi connectivity index (χ3n) is 6.19. The number of carbonyl (C=O) groups is 2. The Hall–Kier alpha value is -3.44. The summed E-state index contributed by atoms with van der Waals surface area (Å²) in [5.74, 6) is 0.679. The van der Waals surface area contributed by atoms with E-state index in [2.05, 4.69) is 29.7 Å². The van der Waals surface area contributed by atoms with Crippen LogP contribution in [0, 0.1) is 0 Å². The van der Waals surface area contributed by atoms with Gasteiger partial charge in [-0.3, -0.25) is 10.1 Å². The van der Waals surface area contributed by atoms with Crippen molar-refractivity contribution < 1.29 is 9.59 Å². The molecule has 12 heteroatoms. The Morgan fingerprint density at radius 3 is 2.34 bits per heavy atom. The molecule has 5 rings (SSSR count). The van der Waals surface area contributed by atoms with Gasteiger partial charge in [-0.25, -0.2) is 9.78 Å². The number of carbonyl (C=O) groups excluding carboxylic acids is 2. The second-order valence-corrected chi connectivity index (χ2v) is 9.49. The molecule has 4 heterocycles. The van der Waals surface area contributed by atoms with Crippen LogP contribution in [0.5, 0.6) is 0 Å². The number of nitrogens with zero attached hydrogens (tertiary/aromatic N) is 7. The van der Waals surface area contributed by atoms with Crippen LogP contribution in [-0.2, 0) is 0 Å². The smallest absolute Gasteiger partial charge is 0.322 e. The molecular weight excluding hydrogens is 488 g/mol. The summed E-state index contributed by atoms with van der Waals surface area (Å²) in [6, 6.07) is 13.2. The minimum atomic E-state index is -0.254. The quantitative estimate of drug-likeness (QED) is 0.574. The van der Waals surface area contributed by atoms with Crippen LogP contribution in [0.3, 0.4) is 0 Å². The van der Waals surface area contributed by atoms with Gasteiger partial charge in [-0.15, -0.1) is 5.10 Å². The van der Waals surface area contributed by atoms with Crippen molar-refractivity contribution in [3.05, 3.63) is 59.4 Å². The highest BCUT2D eigenvalue weighted by atomic mass is 35.5. The standard InChI is InChI=1S/C23H25ClN8O2S/c24-17-4-3-5-18(16-17)29-8-14-32(15-9-29)23(34)26-21-20(27-28-35-21)22(33)31-12-10-30(11-13-31)19-6-1-2-7-25-19/h1-7,16H,8-15H2,(H,26,34). The number of aromatic nitrogens is 3. The Kier molecular flexibility index (Phi) is 6.96. The summed E-state index contributed by atoms with van der Waals surface area (Å²) < 4.78 is 3.93. The van der Waals surface area contributed by atoms with Gasteiger partial charge < -0.3 is 19.6 Å². The number of pyridine rings is 1. The summed E-state index contributed by atoms with van der Waals surface area (Å²) in [6.45, 7) is 4.96. The van der Waals surface area contributed by atoms with Gasteiger partial charge in [0.2, 0.25) is 0 Å². The fourth-order valence-corrected chi connectivity index (χ4v) is 4.99. The van der Waals surface area contributed by atoms with Gasteiger partial charge in [-0.2, -0.15) is 0 Å². The van der Waals surface area contributed by atoms with Gasteiger partial charge in [0, 0.05) is 80.8 Å². The molecule has 0 saturated carbocycles. The van der Waals surface area contributed by atoms with E-state index in [1.165, 1.54) is 0 Å². The normalized spacial score (nSPS) is 16.4. The molecule has 10 nitrogen and oxygen atoms in total. The number of nitrogens with one attached hydrogen (secondary N) is 1. The molecular formula is C23H25ClN8O2S. The predicted molar refractivity (Wildman–Crippen MR) is 137 cm³/mol. The molecule has 0 unspecified atom stereocenters. The Balaban J connectivity index is 1.15. The van der Waals surface area contributed by atoms with E-state index in [1.807, 2.05) is 42.5 Å². The van der Waals surface area contributed by atoms with Gasteiger partial charge in [0.15, 0.2) is 10.7 Å². The number of rotatable bonds is 4. The highest BCUT2D eigenvalue weighted by Gasteiger charge is 2.29. The average Bonchev–Trinajstić information content (AvgIpc) is 3.37. The predicted octanol–water partition coefficient (Wildman–Crippen LogP) is 2.90. The third-order valence-corrected chi connectivity index (χ3v) is 7.07. The summed E-state index contributed by atoms with van der Waals surface area (Å²) in [6.07, 6.45) is 1.76. The summed E-state index contributed by atoms with van der Waals surface area (Å²) >= 11 is 7.12. The van der Waals surface area contributed by atoms with Crippen LogP contribution < -0.4 is 15.1 Å². The maximum Gasteiger partial charge on any atom is 0.322 e. The number of amides is 3. The van der Waals surface area contributed by atoms with Crippen LogP contribution >= 0.6 is 23.1 Å². The second-order valence-electron chi connectivity index (χ2n) is 8.30. The largest absolute Gasteiger partial charge is 0.368 e. The van der Waals surface area contributed by atoms with E-state index in [0.717, 1.165) is 23.0 Å². The van der Waals surface area contributed by atoms with Gasteiger partial charge in [0.1, 0.15) is 5.82 Å². The van der Waals surface area contributed by atoms with Gasteiger partial charge in [-0.05, 0) is 30.3 Å². The SMILES string of the molecule is O=C(Nc1snnc1C(=O)N1CCN(c2ccccn2)CC1)N1CCN(c2cccc(Cl)c2)CC1. The first-order valence-electron chi connectivity index (χ1n) is 11.4. The van der Waals surface area contributed by atoms with Crippen LogP contribution in [0.25, 0.3) is 0 Å². The molecule has 2 saturated heterocycles. The fraction of sp³-hybridized carbons (Fsp3) is 0.348. The lowest BCUT2D eigenvalue weighted by atomic mass is 10.2. The molecule has 2 aromatic heterocycles. The number of benzene rings is 1. The van der Waals surface area contributed by atoms with E-state index in [1.54, 1.807) is 16.0 Å². The van der Waals surface area contributed by atoms with Crippen molar-refractivity contribution >= 4 is 51.6 Å².